The van der Waals surface area contributed by atoms with E-state index in [1.54, 1.807) is 30.3 Å². The van der Waals surface area contributed by atoms with Gasteiger partial charge in [0.1, 0.15) is 17.2 Å². The molecular weight excluding hydrogens is 380 g/mol. The van der Waals surface area contributed by atoms with E-state index in [1.165, 1.54) is 0 Å². The maximum atomic E-state index is 12.6. The molecule has 150 valence electrons. The second-order valence-electron chi connectivity index (χ2n) is 6.47. The molecule has 4 N–H and O–H groups in total. The summed E-state index contributed by atoms with van der Waals surface area (Å²) in [7, 11) is -3.73. The molecule has 2 unspecified atom stereocenters. The van der Waals surface area contributed by atoms with Crippen molar-refractivity contribution in [1.82, 2.24) is 10.9 Å². The number of carbonyl (C=O) groups excluding carboxylic acids is 1. The molecule has 1 fully saturated rings. The van der Waals surface area contributed by atoms with Crippen molar-refractivity contribution in [1.29, 1.82) is 0 Å². The van der Waals surface area contributed by atoms with Gasteiger partial charge in [-0.2, -0.15) is 0 Å². The van der Waals surface area contributed by atoms with Gasteiger partial charge in [0.15, 0.2) is 0 Å². The molecule has 0 aromatic heterocycles. The lowest BCUT2D eigenvalue weighted by molar-refractivity contribution is -0.117. The number of ether oxygens (including phenoxy) is 1. The van der Waals surface area contributed by atoms with Gasteiger partial charge in [-0.1, -0.05) is 18.2 Å². The van der Waals surface area contributed by atoms with Gasteiger partial charge in [0.25, 0.3) is 0 Å². The van der Waals surface area contributed by atoms with Crippen LogP contribution in [-0.2, 0) is 14.8 Å². The Morgan fingerprint density at radius 2 is 1.86 bits per heavy atom. The van der Waals surface area contributed by atoms with Crippen LogP contribution in [0.4, 0.5) is 11.4 Å². The maximum absolute atomic E-state index is 12.6. The van der Waals surface area contributed by atoms with E-state index in [1.807, 2.05) is 32.0 Å². The van der Waals surface area contributed by atoms with Crippen LogP contribution in [0.5, 0.6) is 5.75 Å². The topological polar surface area (TPSA) is 109 Å². The Morgan fingerprint density at radius 3 is 2.54 bits per heavy atom. The minimum atomic E-state index is -3.73. The molecule has 0 bridgehead atoms. The zero-order valence-electron chi connectivity index (χ0n) is 15.7. The van der Waals surface area contributed by atoms with Crippen LogP contribution < -0.4 is 25.6 Å². The van der Waals surface area contributed by atoms with Crippen LogP contribution in [-0.4, -0.2) is 32.3 Å². The normalized spacial score (nSPS) is 19.2. The number of hydrogen-bond donors (Lipinski definition) is 4. The largest absolute Gasteiger partial charge is 0.494 e. The maximum Gasteiger partial charge on any atom is 0.250 e. The average Bonchev–Trinajstić information content (AvgIpc) is 3.17. The molecule has 0 aliphatic carbocycles. The SMILES string of the molecule is CCOc1ccc(NS(=O)(=O)C2CC(C(=O)Nc3ccccc3C)NN2)cc1. The quantitative estimate of drug-likeness (QED) is 0.562. The van der Waals surface area contributed by atoms with Crippen molar-refractivity contribution in [3.8, 4) is 5.75 Å². The van der Waals surface area contributed by atoms with Crippen LogP contribution in [0.2, 0.25) is 0 Å². The van der Waals surface area contributed by atoms with E-state index in [9.17, 15) is 13.2 Å². The smallest absolute Gasteiger partial charge is 0.250 e. The third-order valence-electron chi connectivity index (χ3n) is 4.39. The molecule has 1 heterocycles. The highest BCUT2D eigenvalue weighted by atomic mass is 32.2. The second-order valence-corrected chi connectivity index (χ2v) is 8.34. The second kappa shape index (κ2) is 8.59. The molecule has 2 atom stereocenters. The Kier molecular flexibility index (Phi) is 6.18. The highest BCUT2D eigenvalue weighted by Crippen LogP contribution is 2.20. The Balaban J connectivity index is 1.60. The lowest BCUT2D eigenvalue weighted by atomic mass is 10.1. The van der Waals surface area contributed by atoms with E-state index in [2.05, 4.69) is 20.9 Å². The first-order valence-corrected chi connectivity index (χ1v) is 10.6. The number of benzene rings is 2. The van der Waals surface area contributed by atoms with E-state index >= 15 is 0 Å². The van der Waals surface area contributed by atoms with Crippen LogP contribution in [0.1, 0.15) is 18.9 Å². The molecule has 2 aromatic carbocycles. The van der Waals surface area contributed by atoms with E-state index in [0.29, 0.717) is 23.7 Å². The fraction of sp³-hybridized carbons (Fsp3) is 0.316. The van der Waals surface area contributed by atoms with E-state index in [-0.39, 0.29) is 12.3 Å². The average molecular weight is 404 g/mol. The van der Waals surface area contributed by atoms with Crippen molar-refractivity contribution in [2.45, 2.75) is 31.7 Å². The summed E-state index contributed by atoms with van der Waals surface area (Å²) in [4.78, 5) is 12.5. The molecule has 1 aliphatic rings. The molecule has 9 heteroatoms. The molecule has 0 saturated carbocycles. The minimum absolute atomic E-state index is 0.101. The summed E-state index contributed by atoms with van der Waals surface area (Å²) in [6, 6.07) is 13.4. The van der Waals surface area contributed by atoms with E-state index < -0.39 is 21.4 Å². The molecule has 0 spiro atoms. The molecular formula is C19H24N4O4S. The Hall–Kier alpha value is -2.62. The highest BCUT2D eigenvalue weighted by Gasteiger charge is 2.37. The standard InChI is InChI=1S/C19H24N4O4S/c1-3-27-15-10-8-14(9-11-15)23-28(25,26)18-12-17(21-22-18)19(24)20-16-7-5-4-6-13(16)2/h4-11,17-18,21-23H,3,12H2,1-2H3,(H,20,24). The number of carbonyl (C=O) groups is 1. The number of aryl methyl sites for hydroxylation is 1. The summed E-state index contributed by atoms with van der Waals surface area (Å²) in [5, 5.41) is 1.88. The molecule has 1 aliphatic heterocycles. The first-order valence-electron chi connectivity index (χ1n) is 9.01. The summed E-state index contributed by atoms with van der Waals surface area (Å²) in [5.74, 6) is 0.375. The number of rotatable bonds is 7. The third-order valence-corrected chi connectivity index (χ3v) is 5.97. The van der Waals surface area contributed by atoms with E-state index in [4.69, 9.17) is 4.74 Å². The minimum Gasteiger partial charge on any atom is -0.494 e. The number of hydrogen-bond acceptors (Lipinski definition) is 6. The molecule has 0 radical (unpaired) electrons. The molecule has 1 saturated heterocycles. The lowest BCUT2D eigenvalue weighted by Crippen LogP contribution is -2.42. The summed E-state index contributed by atoms with van der Waals surface area (Å²) in [6.45, 7) is 4.31. The van der Waals surface area contributed by atoms with Crippen molar-refractivity contribution < 1.29 is 17.9 Å². The predicted octanol–water partition coefficient (Wildman–Crippen LogP) is 1.97. The van der Waals surface area contributed by atoms with Gasteiger partial charge < -0.3 is 10.1 Å². The zero-order valence-corrected chi connectivity index (χ0v) is 16.5. The van der Waals surface area contributed by atoms with Crippen LogP contribution in [0.25, 0.3) is 0 Å². The highest BCUT2D eigenvalue weighted by molar-refractivity contribution is 7.93. The van der Waals surface area contributed by atoms with Crippen LogP contribution in [0.15, 0.2) is 48.5 Å². The van der Waals surface area contributed by atoms with Crippen LogP contribution in [0.3, 0.4) is 0 Å². The molecule has 2 aromatic rings. The number of hydrazine groups is 1. The zero-order chi connectivity index (χ0) is 20.1. The van der Waals surface area contributed by atoms with Gasteiger partial charge in [-0.15, -0.1) is 0 Å². The molecule has 8 nitrogen and oxygen atoms in total. The van der Waals surface area contributed by atoms with Gasteiger partial charge in [-0.3, -0.25) is 9.52 Å². The van der Waals surface area contributed by atoms with Gasteiger partial charge in [-0.25, -0.2) is 19.3 Å². The Morgan fingerprint density at radius 1 is 1.14 bits per heavy atom. The van der Waals surface area contributed by atoms with Crippen LogP contribution >= 0.6 is 0 Å². The van der Waals surface area contributed by atoms with E-state index in [0.717, 1.165) is 5.56 Å². The van der Waals surface area contributed by atoms with Gasteiger partial charge in [0, 0.05) is 17.8 Å². The van der Waals surface area contributed by atoms with Crippen molar-refractivity contribution in [2.24, 2.45) is 0 Å². The summed E-state index contributed by atoms with van der Waals surface area (Å²) in [5.41, 5.74) is 7.52. The summed E-state index contributed by atoms with van der Waals surface area (Å²) < 4.78 is 33.1. The van der Waals surface area contributed by atoms with Gasteiger partial charge >= 0.3 is 0 Å². The molecule has 1 amide bonds. The number of nitrogens with one attached hydrogen (secondary N) is 4. The van der Waals surface area contributed by atoms with Gasteiger partial charge in [-0.05, 0) is 49.7 Å². The lowest BCUT2D eigenvalue weighted by Gasteiger charge is -2.14. The predicted molar refractivity (Wildman–Crippen MR) is 108 cm³/mol. The van der Waals surface area contributed by atoms with Crippen molar-refractivity contribution >= 4 is 27.3 Å². The molecule has 28 heavy (non-hydrogen) atoms. The monoisotopic (exact) mass is 404 g/mol. The number of anilines is 2. The first-order chi connectivity index (χ1) is 13.4. The van der Waals surface area contributed by atoms with Gasteiger partial charge in [0.05, 0.1) is 6.61 Å². The molecule has 3 rings (SSSR count). The third kappa shape index (κ3) is 4.80. The van der Waals surface area contributed by atoms with Crippen molar-refractivity contribution in [2.75, 3.05) is 16.6 Å². The van der Waals surface area contributed by atoms with Crippen LogP contribution in [0, 0.1) is 6.92 Å². The number of para-hydroxylation sites is 1. The number of amides is 1. The van der Waals surface area contributed by atoms with Crippen molar-refractivity contribution in [3.05, 3.63) is 54.1 Å². The summed E-state index contributed by atoms with van der Waals surface area (Å²) >= 11 is 0. The van der Waals surface area contributed by atoms with Gasteiger partial charge in [0.2, 0.25) is 15.9 Å². The fourth-order valence-corrected chi connectivity index (χ4v) is 4.13. The van der Waals surface area contributed by atoms with Crippen molar-refractivity contribution in [3.63, 3.8) is 0 Å². The Labute approximate surface area is 164 Å². The number of sulfonamides is 1. The fourth-order valence-electron chi connectivity index (χ4n) is 2.86. The summed E-state index contributed by atoms with van der Waals surface area (Å²) in [6.07, 6.45) is 0.101. The first kappa shape index (κ1) is 20.1. The Bertz CT molecular complexity index is 931.